The minimum atomic E-state index is -3.81. The molecule has 0 atom stereocenters. The minimum absolute atomic E-state index is 0.0330. The fourth-order valence-electron chi connectivity index (χ4n) is 2.49. The Morgan fingerprint density at radius 1 is 1.22 bits per heavy atom. The maximum absolute atomic E-state index is 12.7. The van der Waals surface area contributed by atoms with Crippen molar-refractivity contribution in [1.29, 1.82) is 0 Å². The van der Waals surface area contributed by atoms with E-state index < -0.39 is 15.6 Å². The molecule has 0 saturated carbocycles. The number of aromatic nitrogens is 5. The van der Waals surface area contributed by atoms with Crippen LogP contribution in [0.25, 0.3) is 22.2 Å². The Balaban J connectivity index is 1.61. The van der Waals surface area contributed by atoms with Crippen LogP contribution in [0.3, 0.4) is 0 Å². The van der Waals surface area contributed by atoms with Crippen LogP contribution in [0, 0.1) is 0 Å². The third kappa shape index (κ3) is 3.51. The lowest BCUT2D eigenvalue weighted by atomic mass is 10.2. The summed E-state index contributed by atoms with van der Waals surface area (Å²) in [5.74, 6) is 0.259. The quantitative estimate of drug-likeness (QED) is 0.487. The van der Waals surface area contributed by atoms with Gasteiger partial charge in [0, 0.05) is 17.6 Å². The predicted octanol–water partition coefficient (Wildman–Crippen LogP) is 3.22. The van der Waals surface area contributed by atoms with Crippen LogP contribution in [-0.2, 0) is 22.6 Å². The zero-order valence-corrected chi connectivity index (χ0v) is 16.3. The molecule has 138 valence electrons. The molecule has 0 radical (unpaired) electrons. The van der Waals surface area contributed by atoms with E-state index >= 15 is 0 Å². The number of rotatable bonds is 5. The molecule has 1 aromatic carbocycles. The van der Waals surface area contributed by atoms with Gasteiger partial charge in [0.25, 0.3) is 5.89 Å². The topological polar surface area (TPSA) is 104 Å². The van der Waals surface area contributed by atoms with Gasteiger partial charge in [0.15, 0.2) is 11.6 Å². The summed E-state index contributed by atoms with van der Waals surface area (Å²) in [5, 5.41) is 13.8. The van der Waals surface area contributed by atoms with Crippen molar-refractivity contribution in [1.82, 2.24) is 24.9 Å². The lowest BCUT2D eigenvalue weighted by molar-refractivity contribution is 0.424. The van der Waals surface area contributed by atoms with Crippen LogP contribution in [0.15, 0.2) is 51.5 Å². The van der Waals surface area contributed by atoms with E-state index in [2.05, 4.69) is 20.3 Å². The Morgan fingerprint density at radius 2 is 2.07 bits per heavy atom. The van der Waals surface area contributed by atoms with Crippen molar-refractivity contribution in [3.8, 4) is 22.2 Å². The zero-order chi connectivity index (χ0) is 19.0. The molecule has 0 bridgehead atoms. The van der Waals surface area contributed by atoms with Crippen molar-refractivity contribution in [2.75, 3.05) is 0 Å². The number of hydrogen-bond donors (Lipinski definition) is 0. The van der Waals surface area contributed by atoms with Crippen LogP contribution in [0.2, 0.25) is 5.02 Å². The molecule has 3 heterocycles. The summed E-state index contributed by atoms with van der Waals surface area (Å²) in [6.07, 6.45) is 0. The van der Waals surface area contributed by atoms with Gasteiger partial charge < -0.3 is 9.09 Å². The highest BCUT2D eigenvalue weighted by Crippen LogP contribution is 2.25. The van der Waals surface area contributed by atoms with E-state index in [4.69, 9.17) is 16.1 Å². The van der Waals surface area contributed by atoms with Crippen LogP contribution in [0.1, 0.15) is 5.82 Å². The Kier molecular flexibility index (Phi) is 4.54. The first-order valence-corrected chi connectivity index (χ1v) is 10.6. The van der Waals surface area contributed by atoms with Crippen molar-refractivity contribution in [2.24, 2.45) is 7.05 Å². The third-order valence-electron chi connectivity index (χ3n) is 3.71. The monoisotopic (exact) mass is 421 g/mol. The van der Waals surface area contributed by atoms with E-state index in [1.165, 1.54) is 15.9 Å². The van der Waals surface area contributed by atoms with Gasteiger partial charge >= 0.3 is 0 Å². The second-order valence-corrected chi connectivity index (χ2v) is 8.90. The molecule has 0 fully saturated rings. The molecule has 0 spiro atoms. The Hall–Kier alpha value is -2.56. The van der Waals surface area contributed by atoms with Crippen molar-refractivity contribution < 1.29 is 12.9 Å². The van der Waals surface area contributed by atoms with E-state index in [-0.39, 0.29) is 16.9 Å². The number of halogens is 1. The van der Waals surface area contributed by atoms with Crippen LogP contribution in [0.5, 0.6) is 0 Å². The lowest BCUT2D eigenvalue weighted by Gasteiger charge is -2.02. The van der Waals surface area contributed by atoms with E-state index in [1.807, 2.05) is 17.5 Å². The summed E-state index contributed by atoms with van der Waals surface area (Å²) in [6, 6.07) is 10.6. The number of nitrogens with zero attached hydrogens (tertiary/aromatic N) is 5. The van der Waals surface area contributed by atoms with Gasteiger partial charge in [0.2, 0.25) is 15.0 Å². The average molecular weight is 422 g/mol. The van der Waals surface area contributed by atoms with Crippen LogP contribution < -0.4 is 0 Å². The van der Waals surface area contributed by atoms with Gasteiger partial charge in [0.05, 0.1) is 4.88 Å². The molecule has 4 rings (SSSR count). The number of benzene rings is 1. The SMILES string of the molecule is Cn1c(-c2cccs2)nnc1S(=O)(=O)Cc1noc(-c2cccc(Cl)c2)n1. The molecule has 11 heteroatoms. The standard InChI is InChI=1S/C16H12ClN5O3S2/c1-22-14(12-6-3-7-26-12)19-20-16(22)27(23,24)9-13-18-15(25-21-13)10-4-2-5-11(17)8-10/h2-8H,9H2,1H3. The molecule has 3 aromatic heterocycles. The van der Waals surface area contributed by atoms with Gasteiger partial charge in [-0.05, 0) is 29.6 Å². The Morgan fingerprint density at radius 3 is 2.81 bits per heavy atom. The molecule has 4 aromatic rings. The first-order chi connectivity index (χ1) is 12.9. The van der Waals surface area contributed by atoms with Crippen molar-refractivity contribution in [2.45, 2.75) is 10.9 Å². The number of hydrogen-bond acceptors (Lipinski definition) is 8. The van der Waals surface area contributed by atoms with E-state index in [1.54, 1.807) is 31.3 Å². The second kappa shape index (κ2) is 6.87. The maximum atomic E-state index is 12.7. The van der Waals surface area contributed by atoms with Gasteiger partial charge in [-0.2, -0.15) is 4.98 Å². The van der Waals surface area contributed by atoms with Crippen molar-refractivity contribution in [3.63, 3.8) is 0 Å². The largest absolute Gasteiger partial charge is 0.334 e. The molecule has 0 N–H and O–H groups in total. The molecule has 0 saturated heterocycles. The normalized spacial score (nSPS) is 11.8. The summed E-state index contributed by atoms with van der Waals surface area (Å²) < 4.78 is 32.1. The molecular formula is C16H12ClN5O3S2. The summed E-state index contributed by atoms with van der Waals surface area (Å²) in [7, 11) is -2.20. The lowest BCUT2D eigenvalue weighted by Crippen LogP contribution is -2.12. The Bertz CT molecular complexity index is 1200. The molecule has 0 aliphatic heterocycles. The zero-order valence-electron chi connectivity index (χ0n) is 13.9. The maximum Gasteiger partial charge on any atom is 0.258 e. The van der Waals surface area contributed by atoms with E-state index in [0.29, 0.717) is 16.4 Å². The summed E-state index contributed by atoms with van der Waals surface area (Å²) in [5.41, 5.74) is 0.609. The van der Waals surface area contributed by atoms with Gasteiger partial charge in [-0.25, -0.2) is 8.42 Å². The molecule has 0 unspecified atom stereocenters. The van der Waals surface area contributed by atoms with Gasteiger partial charge in [-0.1, -0.05) is 28.9 Å². The van der Waals surface area contributed by atoms with Crippen LogP contribution >= 0.6 is 22.9 Å². The number of thiophene rings is 1. The number of sulfone groups is 1. The fraction of sp³-hybridized carbons (Fsp3) is 0.125. The van der Waals surface area contributed by atoms with Gasteiger partial charge in [-0.15, -0.1) is 21.5 Å². The predicted molar refractivity (Wildman–Crippen MR) is 99.9 cm³/mol. The highest BCUT2D eigenvalue weighted by molar-refractivity contribution is 7.90. The first-order valence-electron chi connectivity index (χ1n) is 7.68. The van der Waals surface area contributed by atoms with Gasteiger partial charge in [-0.3, -0.25) is 0 Å². The molecular weight excluding hydrogens is 410 g/mol. The van der Waals surface area contributed by atoms with Crippen LogP contribution in [-0.4, -0.2) is 33.3 Å². The van der Waals surface area contributed by atoms with Crippen molar-refractivity contribution in [3.05, 3.63) is 52.6 Å². The Labute approximate surface area is 163 Å². The minimum Gasteiger partial charge on any atom is -0.334 e. The fourth-order valence-corrected chi connectivity index (χ4v) is 4.68. The summed E-state index contributed by atoms with van der Waals surface area (Å²) >= 11 is 7.40. The highest BCUT2D eigenvalue weighted by Gasteiger charge is 2.26. The third-order valence-corrected chi connectivity index (χ3v) is 6.36. The molecule has 8 nitrogen and oxygen atoms in total. The molecule has 0 aliphatic carbocycles. The molecule has 0 aliphatic rings. The van der Waals surface area contributed by atoms with Crippen LogP contribution in [0.4, 0.5) is 0 Å². The summed E-state index contributed by atoms with van der Waals surface area (Å²) in [4.78, 5) is 4.98. The average Bonchev–Trinajstić information content (AvgIpc) is 3.35. The summed E-state index contributed by atoms with van der Waals surface area (Å²) in [6.45, 7) is 0. The molecule has 27 heavy (non-hydrogen) atoms. The van der Waals surface area contributed by atoms with E-state index in [9.17, 15) is 8.42 Å². The second-order valence-electron chi connectivity index (χ2n) is 5.63. The highest BCUT2D eigenvalue weighted by atomic mass is 35.5. The van der Waals surface area contributed by atoms with Crippen molar-refractivity contribution >= 4 is 32.8 Å². The smallest absolute Gasteiger partial charge is 0.258 e. The first kappa shape index (κ1) is 17.8. The van der Waals surface area contributed by atoms with Gasteiger partial charge in [0.1, 0.15) is 5.75 Å². The molecule has 0 amide bonds. The van der Waals surface area contributed by atoms with E-state index in [0.717, 1.165) is 4.88 Å².